The van der Waals surface area contributed by atoms with E-state index in [4.69, 9.17) is 4.74 Å². The number of hydrogen-bond acceptors (Lipinski definition) is 4. The van der Waals surface area contributed by atoms with E-state index in [1.54, 1.807) is 11.4 Å². The Morgan fingerprint density at radius 2 is 1.96 bits per heavy atom. The molecule has 2 aromatic carbocycles. The first-order valence-corrected chi connectivity index (χ1v) is 7.42. The number of amides is 1. The van der Waals surface area contributed by atoms with Crippen LogP contribution in [0.4, 0.5) is 5.69 Å². The quantitative estimate of drug-likeness (QED) is 0.642. The first-order chi connectivity index (χ1) is 11.1. The molecule has 0 fully saturated rings. The molecule has 0 saturated heterocycles. The highest BCUT2D eigenvalue weighted by molar-refractivity contribution is 6.02. The molecule has 0 aliphatic heterocycles. The Labute approximate surface area is 134 Å². The van der Waals surface area contributed by atoms with Gasteiger partial charge in [0, 0.05) is 18.2 Å². The Balaban J connectivity index is 2.03. The highest BCUT2D eigenvalue weighted by atomic mass is 16.5. The van der Waals surface area contributed by atoms with Gasteiger partial charge in [-0.15, -0.1) is 0 Å². The van der Waals surface area contributed by atoms with Crippen molar-refractivity contribution in [2.45, 2.75) is 12.5 Å². The summed E-state index contributed by atoms with van der Waals surface area (Å²) < 4.78 is 4.88. The van der Waals surface area contributed by atoms with Crippen molar-refractivity contribution in [3.63, 3.8) is 0 Å². The third-order valence-electron chi connectivity index (χ3n) is 3.54. The number of hydrogen-bond donors (Lipinski definition) is 2. The van der Waals surface area contributed by atoms with E-state index >= 15 is 0 Å². The van der Waals surface area contributed by atoms with Crippen molar-refractivity contribution in [2.24, 2.45) is 0 Å². The fourth-order valence-electron chi connectivity index (χ4n) is 2.39. The van der Waals surface area contributed by atoms with Crippen LogP contribution in [0.2, 0.25) is 0 Å². The van der Waals surface area contributed by atoms with Crippen LogP contribution in [0.15, 0.2) is 42.5 Å². The van der Waals surface area contributed by atoms with Crippen molar-refractivity contribution in [3.8, 4) is 0 Å². The summed E-state index contributed by atoms with van der Waals surface area (Å²) in [5, 5.41) is 17.4. The Bertz CT molecular complexity index is 682. The molecular formula is C17H20N2O4. The predicted molar refractivity (Wildman–Crippen MR) is 84.7 cm³/mol. The van der Waals surface area contributed by atoms with Gasteiger partial charge in [0.05, 0.1) is 25.5 Å². The largest absolute Gasteiger partial charge is 0.544 e. The Morgan fingerprint density at radius 3 is 2.70 bits per heavy atom. The summed E-state index contributed by atoms with van der Waals surface area (Å²) in [5.41, 5.74) is 0.669. The number of quaternary nitrogens is 1. The first-order valence-electron chi connectivity index (χ1n) is 7.42. The number of carboxylic acid groups (broad SMARTS) is 1. The molecule has 6 nitrogen and oxygen atoms in total. The van der Waals surface area contributed by atoms with E-state index < -0.39 is 12.0 Å². The lowest BCUT2D eigenvalue weighted by atomic mass is 10.1. The van der Waals surface area contributed by atoms with Crippen LogP contribution in [-0.4, -0.2) is 38.2 Å². The molecule has 0 bridgehead atoms. The SMILES string of the molecule is COCC[NH2+][C@@H](CC(=O)Nc1cccc2ccccc12)C(=O)[O-]. The topological polar surface area (TPSA) is 95.1 Å². The Hall–Kier alpha value is -2.44. The zero-order valence-corrected chi connectivity index (χ0v) is 13.0. The second-order valence-corrected chi connectivity index (χ2v) is 5.22. The maximum Gasteiger partial charge on any atom is 0.230 e. The summed E-state index contributed by atoms with van der Waals surface area (Å²) in [6, 6.07) is 12.3. The number of aliphatic carboxylic acids is 1. The summed E-state index contributed by atoms with van der Waals surface area (Å²) in [4.78, 5) is 23.3. The van der Waals surface area contributed by atoms with Crippen molar-refractivity contribution in [1.82, 2.24) is 0 Å². The Kier molecular flexibility index (Phi) is 6.08. The van der Waals surface area contributed by atoms with Crippen molar-refractivity contribution >= 4 is 28.3 Å². The molecule has 1 amide bonds. The van der Waals surface area contributed by atoms with Crippen molar-refractivity contribution in [1.29, 1.82) is 0 Å². The fourth-order valence-corrected chi connectivity index (χ4v) is 2.39. The molecule has 0 spiro atoms. The monoisotopic (exact) mass is 316 g/mol. The average molecular weight is 316 g/mol. The van der Waals surface area contributed by atoms with Gasteiger partial charge in [-0.3, -0.25) is 4.79 Å². The summed E-state index contributed by atoms with van der Waals surface area (Å²) in [6.45, 7) is 0.866. The number of ether oxygens (including phenoxy) is 1. The van der Waals surface area contributed by atoms with E-state index in [2.05, 4.69) is 5.32 Å². The van der Waals surface area contributed by atoms with Gasteiger partial charge in [-0.2, -0.15) is 0 Å². The van der Waals surface area contributed by atoms with Gasteiger partial charge < -0.3 is 25.3 Å². The lowest BCUT2D eigenvalue weighted by molar-refractivity contribution is -0.683. The summed E-state index contributed by atoms with van der Waals surface area (Å²) in [5.74, 6) is -1.61. The lowest BCUT2D eigenvalue weighted by Gasteiger charge is -2.16. The number of carboxylic acids is 1. The Morgan fingerprint density at radius 1 is 1.22 bits per heavy atom. The fraction of sp³-hybridized carbons (Fsp3) is 0.294. The molecule has 0 aliphatic carbocycles. The zero-order valence-electron chi connectivity index (χ0n) is 13.0. The van der Waals surface area contributed by atoms with E-state index in [1.165, 1.54) is 7.11 Å². The highest BCUT2D eigenvalue weighted by Gasteiger charge is 2.18. The molecule has 0 aliphatic rings. The van der Waals surface area contributed by atoms with Crippen molar-refractivity contribution < 1.29 is 24.7 Å². The molecule has 1 atom stereocenters. The van der Waals surface area contributed by atoms with Gasteiger partial charge in [-0.1, -0.05) is 36.4 Å². The van der Waals surface area contributed by atoms with Crippen LogP contribution in [-0.2, 0) is 14.3 Å². The minimum absolute atomic E-state index is 0.157. The number of carbonyl (C=O) groups excluding carboxylic acids is 2. The third kappa shape index (κ3) is 4.77. The minimum Gasteiger partial charge on any atom is -0.544 e. The second kappa shape index (κ2) is 8.26. The molecule has 6 heteroatoms. The van der Waals surface area contributed by atoms with Crippen LogP contribution >= 0.6 is 0 Å². The summed E-state index contributed by atoms with van der Waals surface area (Å²) in [7, 11) is 1.54. The number of methoxy groups -OCH3 is 1. The van der Waals surface area contributed by atoms with E-state index in [9.17, 15) is 14.7 Å². The number of carbonyl (C=O) groups is 2. The molecule has 3 N–H and O–H groups in total. The van der Waals surface area contributed by atoms with E-state index in [1.807, 2.05) is 36.4 Å². The van der Waals surface area contributed by atoms with Crippen LogP contribution in [0.25, 0.3) is 10.8 Å². The van der Waals surface area contributed by atoms with Gasteiger partial charge in [0.25, 0.3) is 0 Å². The van der Waals surface area contributed by atoms with E-state index in [-0.39, 0.29) is 12.3 Å². The predicted octanol–water partition coefficient (Wildman–Crippen LogP) is -0.503. The second-order valence-electron chi connectivity index (χ2n) is 5.22. The van der Waals surface area contributed by atoms with Gasteiger partial charge in [-0.05, 0) is 11.5 Å². The van der Waals surface area contributed by atoms with Gasteiger partial charge in [-0.25, -0.2) is 0 Å². The van der Waals surface area contributed by atoms with Crippen LogP contribution < -0.4 is 15.7 Å². The highest BCUT2D eigenvalue weighted by Crippen LogP contribution is 2.22. The van der Waals surface area contributed by atoms with Gasteiger partial charge in [0.15, 0.2) is 0 Å². The number of rotatable bonds is 8. The molecule has 0 aromatic heterocycles. The maximum absolute atomic E-state index is 12.2. The standard InChI is InChI=1S/C17H20N2O4/c1-23-10-9-18-15(17(21)22)11-16(20)19-14-8-4-6-12-5-2-3-7-13(12)14/h2-8,15,18H,9-11H2,1H3,(H,19,20)(H,21,22)/t15-/m0/s1. The first kappa shape index (κ1) is 16.9. The average Bonchev–Trinajstić information content (AvgIpc) is 2.54. The van der Waals surface area contributed by atoms with Crippen LogP contribution in [0.1, 0.15) is 6.42 Å². The molecule has 0 heterocycles. The summed E-state index contributed by atoms with van der Waals surface area (Å²) in [6.07, 6.45) is -0.157. The van der Waals surface area contributed by atoms with Gasteiger partial charge in [0.2, 0.25) is 5.91 Å². The van der Waals surface area contributed by atoms with E-state index in [0.29, 0.717) is 18.8 Å². The normalized spacial score (nSPS) is 12.0. The van der Waals surface area contributed by atoms with Gasteiger partial charge in [0.1, 0.15) is 6.04 Å². The smallest absolute Gasteiger partial charge is 0.230 e. The molecular weight excluding hydrogens is 296 g/mol. The molecule has 0 unspecified atom stereocenters. The number of nitrogens with two attached hydrogens (primary N) is 1. The lowest BCUT2D eigenvalue weighted by Crippen LogP contribution is -2.94. The van der Waals surface area contributed by atoms with Crippen LogP contribution in [0, 0.1) is 0 Å². The number of anilines is 1. The van der Waals surface area contributed by atoms with Crippen LogP contribution in [0.5, 0.6) is 0 Å². The summed E-state index contributed by atoms with van der Waals surface area (Å²) >= 11 is 0. The zero-order chi connectivity index (χ0) is 16.7. The number of fused-ring (bicyclic) bond motifs is 1. The van der Waals surface area contributed by atoms with E-state index in [0.717, 1.165) is 10.8 Å². The third-order valence-corrected chi connectivity index (χ3v) is 3.54. The molecule has 2 rings (SSSR count). The van der Waals surface area contributed by atoms with Crippen molar-refractivity contribution in [3.05, 3.63) is 42.5 Å². The number of nitrogens with one attached hydrogen (secondary N) is 1. The molecule has 23 heavy (non-hydrogen) atoms. The molecule has 0 saturated carbocycles. The van der Waals surface area contributed by atoms with Gasteiger partial charge >= 0.3 is 0 Å². The minimum atomic E-state index is -1.26. The maximum atomic E-state index is 12.2. The molecule has 122 valence electrons. The molecule has 2 aromatic rings. The molecule has 0 radical (unpaired) electrons. The number of benzene rings is 2. The van der Waals surface area contributed by atoms with Crippen LogP contribution in [0.3, 0.4) is 0 Å². The van der Waals surface area contributed by atoms with Crippen molar-refractivity contribution in [2.75, 3.05) is 25.6 Å².